The average Bonchev–Trinajstić information content (AvgIpc) is 3.81. The van der Waals surface area contributed by atoms with E-state index in [-0.39, 0.29) is 53.6 Å². The summed E-state index contributed by atoms with van der Waals surface area (Å²) in [7, 11) is 1.72. The number of rotatable bonds is 9. The number of alkyl halides is 1. The van der Waals surface area contributed by atoms with Gasteiger partial charge in [0.05, 0.1) is 10.9 Å². The normalized spacial score (nSPS) is 19.2. The van der Waals surface area contributed by atoms with E-state index < -0.39 is 29.4 Å². The lowest BCUT2D eigenvalue weighted by Crippen LogP contribution is -2.43. The molecule has 250 valence electrons. The molecule has 2 aliphatic heterocycles. The minimum absolute atomic E-state index is 0.0972. The first-order chi connectivity index (χ1) is 23.2. The zero-order valence-electron chi connectivity index (χ0n) is 26.5. The summed E-state index contributed by atoms with van der Waals surface area (Å²) in [6.45, 7) is 3.49. The lowest BCUT2D eigenvalue weighted by Gasteiger charge is -2.31. The molecule has 12 nitrogen and oxygen atoms in total. The van der Waals surface area contributed by atoms with Gasteiger partial charge >= 0.3 is 12.0 Å². The molecule has 7 rings (SSSR count). The van der Waals surface area contributed by atoms with Gasteiger partial charge in [-0.25, -0.2) is 22.9 Å². The highest BCUT2D eigenvalue weighted by Gasteiger charge is 2.49. The van der Waals surface area contributed by atoms with Crippen LogP contribution >= 0.6 is 0 Å². The van der Waals surface area contributed by atoms with E-state index in [9.17, 15) is 18.7 Å². The molecule has 2 fully saturated rings. The SMILES string of the molecule is CCc1c(F)ccc2cc(O)cc(-c3ncc4c(N(C)CCNC(=O)n5cncn5)nc(OC[C@@]56CCCN5C[C@H](F)C6)nc4c3F)c12. The Morgan fingerprint density at radius 3 is 2.90 bits per heavy atom. The molecule has 0 saturated carbocycles. The Labute approximate surface area is 273 Å². The maximum absolute atomic E-state index is 16.8. The first kappa shape index (κ1) is 31.5. The Morgan fingerprint density at radius 2 is 2.10 bits per heavy atom. The van der Waals surface area contributed by atoms with E-state index in [0.717, 1.165) is 24.1 Å². The summed E-state index contributed by atoms with van der Waals surface area (Å²) in [5.74, 6) is -1.09. The molecule has 0 spiro atoms. The van der Waals surface area contributed by atoms with E-state index in [1.807, 2.05) is 0 Å². The smallest absolute Gasteiger partial charge is 0.343 e. The second-order valence-electron chi connectivity index (χ2n) is 12.3. The van der Waals surface area contributed by atoms with E-state index >= 15 is 4.39 Å². The summed E-state index contributed by atoms with van der Waals surface area (Å²) < 4.78 is 53.4. The minimum Gasteiger partial charge on any atom is -0.508 e. The Balaban J connectivity index is 1.29. The van der Waals surface area contributed by atoms with Crippen LogP contribution in [-0.2, 0) is 6.42 Å². The summed E-state index contributed by atoms with van der Waals surface area (Å²) in [5, 5.41) is 18.4. The second-order valence-corrected chi connectivity index (χ2v) is 12.3. The lowest BCUT2D eigenvalue weighted by molar-refractivity contribution is 0.107. The van der Waals surface area contributed by atoms with Gasteiger partial charge in [0, 0.05) is 44.9 Å². The van der Waals surface area contributed by atoms with Crippen molar-refractivity contribution in [1.29, 1.82) is 0 Å². The second kappa shape index (κ2) is 12.5. The number of hydrogen-bond acceptors (Lipinski definition) is 10. The van der Waals surface area contributed by atoms with Crippen molar-refractivity contribution in [2.45, 2.75) is 44.3 Å². The fourth-order valence-corrected chi connectivity index (χ4v) is 7.08. The number of nitrogens with zero attached hydrogens (tertiary/aromatic N) is 8. The van der Waals surface area contributed by atoms with Crippen LogP contribution in [0.15, 0.2) is 43.1 Å². The number of carbonyl (C=O) groups is 1. The van der Waals surface area contributed by atoms with E-state index in [0.29, 0.717) is 41.5 Å². The predicted octanol–water partition coefficient (Wildman–Crippen LogP) is 4.63. The third-order valence-corrected chi connectivity index (χ3v) is 9.35. The fourth-order valence-electron chi connectivity index (χ4n) is 7.08. The molecule has 0 radical (unpaired) electrons. The Hall–Kier alpha value is -5.05. The van der Waals surface area contributed by atoms with Crippen LogP contribution in [0.4, 0.5) is 23.8 Å². The molecule has 2 N–H and O–H groups in total. The van der Waals surface area contributed by atoms with Gasteiger partial charge in [0.1, 0.15) is 54.0 Å². The maximum atomic E-state index is 16.8. The molecule has 2 atom stereocenters. The quantitative estimate of drug-likeness (QED) is 0.230. The summed E-state index contributed by atoms with van der Waals surface area (Å²) in [6, 6.07) is 5.14. The third-order valence-electron chi connectivity index (χ3n) is 9.35. The predicted molar refractivity (Wildman–Crippen MR) is 172 cm³/mol. The number of nitrogens with one attached hydrogen (secondary N) is 1. The molecule has 0 unspecified atom stereocenters. The number of aromatic hydroxyl groups is 1. The van der Waals surface area contributed by atoms with Crippen LogP contribution in [0.5, 0.6) is 11.8 Å². The van der Waals surface area contributed by atoms with Gasteiger partial charge in [-0.15, -0.1) is 0 Å². The summed E-state index contributed by atoms with van der Waals surface area (Å²) in [4.78, 5) is 33.5. The van der Waals surface area contributed by atoms with Gasteiger partial charge in [-0.3, -0.25) is 9.88 Å². The van der Waals surface area contributed by atoms with Crippen molar-refractivity contribution >= 4 is 33.5 Å². The van der Waals surface area contributed by atoms with Crippen molar-refractivity contribution < 1.29 is 27.8 Å². The highest BCUT2D eigenvalue weighted by molar-refractivity contribution is 6.01. The van der Waals surface area contributed by atoms with Crippen LogP contribution in [0.1, 0.15) is 31.7 Å². The van der Waals surface area contributed by atoms with Crippen LogP contribution < -0.4 is 15.0 Å². The summed E-state index contributed by atoms with van der Waals surface area (Å²) in [6.07, 6.45) is 5.36. The van der Waals surface area contributed by atoms with Gasteiger partial charge < -0.3 is 20.1 Å². The lowest BCUT2D eigenvalue weighted by atomic mass is 9.94. The number of pyridine rings is 1. The van der Waals surface area contributed by atoms with E-state index in [1.165, 1.54) is 43.1 Å². The van der Waals surface area contributed by atoms with Gasteiger partial charge in [0.15, 0.2) is 5.82 Å². The van der Waals surface area contributed by atoms with Gasteiger partial charge in [0.25, 0.3) is 0 Å². The number of hydrogen-bond donors (Lipinski definition) is 2. The topological polar surface area (TPSA) is 134 Å². The molecule has 15 heteroatoms. The zero-order valence-corrected chi connectivity index (χ0v) is 26.5. The highest BCUT2D eigenvalue weighted by Crippen LogP contribution is 2.41. The van der Waals surface area contributed by atoms with Crippen LogP contribution in [0.2, 0.25) is 0 Å². The standard InChI is InChI=1S/C33H34F3N9O3/c1-3-22-25(35)6-5-19-11-21(46)12-23(26(19)22)28-27(36)29-24(14-39-28)30(43(2)10-8-38-32(47)45-18-37-17-40-45)42-31(41-29)48-16-33-7-4-9-44(33)15-20(34)13-33/h5-6,11-12,14,17-18,20,46H,3-4,7-10,13,15-16H2,1-2H3,(H,38,47)/t20-,33+/m1/s1. The molecule has 2 saturated heterocycles. The Morgan fingerprint density at radius 1 is 1.25 bits per heavy atom. The monoisotopic (exact) mass is 661 g/mol. The van der Waals surface area contributed by atoms with Gasteiger partial charge in [0.2, 0.25) is 0 Å². The molecular formula is C33H34F3N9O3. The first-order valence-corrected chi connectivity index (χ1v) is 15.8. The van der Waals surface area contributed by atoms with Crippen LogP contribution in [-0.4, -0.2) is 97.3 Å². The van der Waals surface area contributed by atoms with Crippen molar-refractivity contribution in [3.8, 4) is 23.0 Å². The molecule has 48 heavy (non-hydrogen) atoms. The number of fused-ring (bicyclic) bond motifs is 3. The van der Waals surface area contributed by atoms with Gasteiger partial charge in [-0.2, -0.15) is 19.7 Å². The zero-order chi connectivity index (χ0) is 33.6. The molecule has 5 heterocycles. The van der Waals surface area contributed by atoms with E-state index in [4.69, 9.17) is 4.74 Å². The molecule has 5 aromatic rings. The van der Waals surface area contributed by atoms with Crippen LogP contribution in [0, 0.1) is 11.6 Å². The average molecular weight is 662 g/mol. The number of halogens is 3. The Kier molecular flexibility index (Phi) is 8.23. The number of carbonyl (C=O) groups excluding carboxylic acids is 1. The van der Waals surface area contributed by atoms with E-state index in [2.05, 4.69) is 35.3 Å². The number of amides is 1. The third kappa shape index (κ3) is 5.61. The summed E-state index contributed by atoms with van der Waals surface area (Å²) in [5.41, 5.74) is -0.128. The highest BCUT2D eigenvalue weighted by atomic mass is 19.1. The number of aryl methyl sites for hydroxylation is 1. The van der Waals surface area contributed by atoms with Crippen molar-refractivity contribution in [1.82, 2.24) is 39.9 Å². The Bertz CT molecular complexity index is 2010. The number of benzene rings is 2. The fraction of sp³-hybridized carbons (Fsp3) is 0.394. The molecule has 3 aromatic heterocycles. The van der Waals surface area contributed by atoms with Crippen molar-refractivity contribution in [3.63, 3.8) is 0 Å². The number of likely N-dealkylation sites (N-methyl/N-ethyl adjacent to an activating group) is 1. The largest absolute Gasteiger partial charge is 0.508 e. The first-order valence-electron chi connectivity index (χ1n) is 15.8. The number of ether oxygens (including phenoxy) is 1. The molecule has 0 bridgehead atoms. The van der Waals surface area contributed by atoms with Gasteiger partial charge in [-0.05, 0) is 60.3 Å². The van der Waals surface area contributed by atoms with E-state index in [1.54, 1.807) is 18.9 Å². The maximum Gasteiger partial charge on any atom is 0.343 e. The van der Waals surface area contributed by atoms with Crippen LogP contribution in [0.3, 0.4) is 0 Å². The molecule has 0 aliphatic carbocycles. The minimum atomic E-state index is -0.957. The number of aromatic nitrogens is 6. The molecule has 2 aromatic carbocycles. The number of phenols is 1. The molecule has 1 amide bonds. The molecule has 2 aliphatic rings. The van der Waals surface area contributed by atoms with Crippen molar-refractivity contribution in [3.05, 3.63) is 60.3 Å². The van der Waals surface area contributed by atoms with Crippen LogP contribution in [0.25, 0.3) is 32.9 Å². The number of phenolic OH excluding ortho intramolecular Hbond substituents is 1. The van der Waals surface area contributed by atoms with Gasteiger partial charge in [-0.1, -0.05) is 13.0 Å². The van der Waals surface area contributed by atoms with Crippen molar-refractivity contribution in [2.24, 2.45) is 0 Å². The number of anilines is 1. The molecular weight excluding hydrogens is 627 g/mol. The summed E-state index contributed by atoms with van der Waals surface area (Å²) >= 11 is 0. The van der Waals surface area contributed by atoms with Crippen molar-refractivity contribution in [2.75, 3.05) is 44.7 Å².